The van der Waals surface area contributed by atoms with Crippen LogP contribution in [0.2, 0.25) is 0 Å². The Balaban J connectivity index is 1.19. The van der Waals surface area contributed by atoms with Crippen molar-refractivity contribution < 1.29 is 9.53 Å². The maximum atomic E-state index is 12.1. The molecule has 5 nitrogen and oxygen atoms in total. The first kappa shape index (κ1) is 20.2. The van der Waals surface area contributed by atoms with Gasteiger partial charge in [-0.3, -0.25) is 4.79 Å². The molecule has 0 unspecified atom stereocenters. The van der Waals surface area contributed by atoms with Crippen LogP contribution in [0.3, 0.4) is 0 Å². The molecule has 0 atom stereocenters. The number of piperazine rings is 1. The van der Waals surface area contributed by atoms with Crippen molar-refractivity contribution in [1.29, 1.82) is 0 Å². The molecule has 0 aromatic heterocycles. The van der Waals surface area contributed by atoms with E-state index >= 15 is 0 Å². The molecule has 3 aromatic carbocycles. The largest absolute Gasteiger partial charge is 0.484 e. The molecule has 0 spiro atoms. The van der Waals surface area contributed by atoms with Crippen LogP contribution in [0.1, 0.15) is 5.56 Å². The number of anilines is 1. The summed E-state index contributed by atoms with van der Waals surface area (Å²) >= 11 is 0. The van der Waals surface area contributed by atoms with E-state index in [0.29, 0.717) is 12.3 Å². The van der Waals surface area contributed by atoms with Gasteiger partial charge in [-0.1, -0.05) is 42.5 Å². The lowest BCUT2D eigenvalue weighted by Gasteiger charge is -2.34. The summed E-state index contributed by atoms with van der Waals surface area (Å²) in [5, 5.41) is 5.21. The van der Waals surface area contributed by atoms with E-state index in [1.807, 2.05) is 36.4 Å². The number of hydrogen-bond acceptors (Lipinski definition) is 4. The summed E-state index contributed by atoms with van der Waals surface area (Å²) in [6.07, 6.45) is 0.810. The molecule has 1 amide bonds. The zero-order chi connectivity index (χ0) is 20.8. The van der Waals surface area contributed by atoms with E-state index in [1.54, 1.807) is 0 Å². The molecule has 30 heavy (non-hydrogen) atoms. The van der Waals surface area contributed by atoms with Crippen molar-refractivity contribution in [2.45, 2.75) is 6.42 Å². The number of rotatable bonds is 7. The van der Waals surface area contributed by atoms with Crippen molar-refractivity contribution in [3.05, 3.63) is 72.3 Å². The van der Waals surface area contributed by atoms with Gasteiger partial charge < -0.3 is 19.9 Å². The van der Waals surface area contributed by atoms with Crippen molar-refractivity contribution in [2.24, 2.45) is 0 Å². The molecule has 0 radical (unpaired) electrons. The van der Waals surface area contributed by atoms with Crippen molar-refractivity contribution in [3.8, 4) is 5.75 Å². The van der Waals surface area contributed by atoms with Crippen LogP contribution < -0.4 is 15.0 Å². The normalized spacial score (nSPS) is 14.6. The van der Waals surface area contributed by atoms with E-state index in [1.165, 1.54) is 11.3 Å². The monoisotopic (exact) mass is 403 g/mol. The zero-order valence-electron chi connectivity index (χ0n) is 17.5. The minimum atomic E-state index is -0.0998. The molecule has 0 saturated carbocycles. The molecule has 1 fully saturated rings. The number of nitrogens with zero attached hydrogens (tertiary/aromatic N) is 2. The second kappa shape index (κ2) is 9.63. The van der Waals surface area contributed by atoms with E-state index in [9.17, 15) is 4.79 Å². The number of hydrogen-bond donors (Lipinski definition) is 1. The first-order chi connectivity index (χ1) is 14.7. The Bertz CT molecular complexity index is 979. The van der Waals surface area contributed by atoms with Gasteiger partial charge in [-0.15, -0.1) is 0 Å². The van der Waals surface area contributed by atoms with Crippen LogP contribution in [0.25, 0.3) is 10.8 Å². The second-order valence-electron chi connectivity index (χ2n) is 7.85. The number of carbonyl (C=O) groups is 1. The Morgan fingerprint density at radius 1 is 0.933 bits per heavy atom. The van der Waals surface area contributed by atoms with E-state index in [-0.39, 0.29) is 12.5 Å². The zero-order valence-corrected chi connectivity index (χ0v) is 17.5. The molecule has 0 aliphatic carbocycles. The predicted molar refractivity (Wildman–Crippen MR) is 122 cm³/mol. The number of carbonyl (C=O) groups excluding carboxylic acids is 1. The summed E-state index contributed by atoms with van der Waals surface area (Å²) in [7, 11) is 2.17. The molecular weight excluding hydrogens is 374 g/mol. The van der Waals surface area contributed by atoms with Gasteiger partial charge in [0.05, 0.1) is 0 Å². The van der Waals surface area contributed by atoms with E-state index < -0.39 is 0 Å². The minimum Gasteiger partial charge on any atom is -0.484 e. The fourth-order valence-corrected chi connectivity index (χ4v) is 3.74. The average Bonchev–Trinajstić information content (AvgIpc) is 2.78. The van der Waals surface area contributed by atoms with E-state index in [4.69, 9.17) is 4.74 Å². The van der Waals surface area contributed by atoms with Crippen molar-refractivity contribution >= 4 is 22.4 Å². The molecule has 1 N–H and O–H groups in total. The lowest BCUT2D eigenvalue weighted by atomic mass is 10.1. The van der Waals surface area contributed by atoms with Crippen LogP contribution in [0.4, 0.5) is 5.69 Å². The third-order valence-electron chi connectivity index (χ3n) is 5.63. The third-order valence-corrected chi connectivity index (χ3v) is 5.63. The van der Waals surface area contributed by atoms with Crippen LogP contribution >= 0.6 is 0 Å². The first-order valence-electron chi connectivity index (χ1n) is 10.6. The summed E-state index contributed by atoms with van der Waals surface area (Å²) < 4.78 is 5.65. The number of nitrogens with one attached hydrogen (secondary N) is 1. The van der Waals surface area contributed by atoms with Crippen LogP contribution in [-0.4, -0.2) is 57.2 Å². The maximum Gasteiger partial charge on any atom is 0.257 e. The van der Waals surface area contributed by atoms with Gasteiger partial charge in [-0.25, -0.2) is 0 Å². The number of ether oxygens (including phenoxy) is 1. The highest BCUT2D eigenvalue weighted by atomic mass is 16.5. The second-order valence-corrected chi connectivity index (χ2v) is 7.85. The standard InChI is InChI=1S/C25H29N3O2/c1-27-14-16-28(17-15-27)23-9-6-20(7-10-23)12-13-26-25(29)19-30-24-11-8-21-4-2-3-5-22(21)18-24/h2-11,18H,12-17,19H2,1H3,(H,26,29). The van der Waals surface area contributed by atoms with Crippen molar-refractivity contribution in [2.75, 3.05) is 51.3 Å². The van der Waals surface area contributed by atoms with Gasteiger partial charge in [0, 0.05) is 38.4 Å². The lowest BCUT2D eigenvalue weighted by Crippen LogP contribution is -2.44. The fraction of sp³-hybridized carbons (Fsp3) is 0.320. The first-order valence-corrected chi connectivity index (χ1v) is 10.6. The summed E-state index contributed by atoms with van der Waals surface area (Å²) in [6.45, 7) is 4.99. The molecule has 0 bridgehead atoms. The number of benzene rings is 3. The van der Waals surface area contributed by atoms with Gasteiger partial charge in [0.2, 0.25) is 0 Å². The quantitative estimate of drug-likeness (QED) is 0.657. The smallest absolute Gasteiger partial charge is 0.257 e. The Kier molecular flexibility index (Phi) is 6.50. The van der Waals surface area contributed by atoms with Crippen LogP contribution in [0, 0.1) is 0 Å². The van der Waals surface area contributed by atoms with Crippen LogP contribution in [0.15, 0.2) is 66.7 Å². The predicted octanol–water partition coefficient (Wildman–Crippen LogP) is 3.33. The van der Waals surface area contributed by atoms with Crippen LogP contribution in [0.5, 0.6) is 5.75 Å². The van der Waals surface area contributed by atoms with E-state index in [2.05, 4.69) is 52.5 Å². The lowest BCUT2D eigenvalue weighted by molar-refractivity contribution is -0.123. The summed E-state index contributed by atoms with van der Waals surface area (Å²) in [6, 6.07) is 22.7. The highest BCUT2D eigenvalue weighted by Gasteiger charge is 2.13. The SMILES string of the molecule is CN1CCN(c2ccc(CCNC(=O)COc3ccc4ccccc4c3)cc2)CC1. The molecular formula is C25H29N3O2. The highest BCUT2D eigenvalue weighted by Crippen LogP contribution is 2.20. The van der Waals surface area contributed by atoms with Gasteiger partial charge >= 0.3 is 0 Å². The van der Waals surface area contributed by atoms with E-state index in [0.717, 1.165) is 43.4 Å². The van der Waals surface area contributed by atoms with Gasteiger partial charge in [-0.2, -0.15) is 0 Å². The number of fused-ring (bicyclic) bond motifs is 1. The summed E-state index contributed by atoms with van der Waals surface area (Å²) in [4.78, 5) is 16.9. The summed E-state index contributed by atoms with van der Waals surface area (Å²) in [5.41, 5.74) is 2.50. The van der Waals surface area contributed by atoms with Gasteiger partial charge in [0.1, 0.15) is 5.75 Å². The molecule has 1 saturated heterocycles. The molecule has 5 heteroatoms. The third kappa shape index (κ3) is 5.30. The number of amides is 1. The Hall–Kier alpha value is -3.05. The Labute approximate surface area is 178 Å². The van der Waals surface area contributed by atoms with Gasteiger partial charge in [-0.05, 0) is 54.1 Å². The maximum absolute atomic E-state index is 12.1. The molecule has 156 valence electrons. The molecule has 4 rings (SSSR count). The molecule has 1 aliphatic rings. The fourth-order valence-electron chi connectivity index (χ4n) is 3.74. The van der Waals surface area contributed by atoms with Crippen molar-refractivity contribution in [3.63, 3.8) is 0 Å². The average molecular weight is 404 g/mol. The van der Waals surface area contributed by atoms with Crippen LogP contribution in [-0.2, 0) is 11.2 Å². The molecule has 1 heterocycles. The van der Waals surface area contributed by atoms with Gasteiger partial charge in [0.15, 0.2) is 6.61 Å². The highest BCUT2D eigenvalue weighted by molar-refractivity contribution is 5.84. The van der Waals surface area contributed by atoms with Gasteiger partial charge in [0.25, 0.3) is 5.91 Å². The van der Waals surface area contributed by atoms with Crippen molar-refractivity contribution in [1.82, 2.24) is 10.2 Å². The Morgan fingerprint density at radius 3 is 2.43 bits per heavy atom. The number of likely N-dealkylation sites (N-methyl/N-ethyl adjacent to an activating group) is 1. The summed E-state index contributed by atoms with van der Waals surface area (Å²) in [5.74, 6) is 0.612. The molecule has 1 aliphatic heterocycles. The minimum absolute atomic E-state index is 0.0285. The Morgan fingerprint density at radius 2 is 1.67 bits per heavy atom. The topological polar surface area (TPSA) is 44.8 Å². The molecule has 3 aromatic rings.